The molecule has 3 rings (SSSR count). The molecule has 1 aliphatic heterocycles. The number of nitrogens with zero attached hydrogens (tertiary/aromatic N) is 2. The Morgan fingerprint density at radius 2 is 1.91 bits per heavy atom. The van der Waals surface area contributed by atoms with E-state index in [1.54, 1.807) is 24.3 Å². The Balaban J connectivity index is 1.44. The highest BCUT2D eigenvalue weighted by Gasteiger charge is 2.21. The summed E-state index contributed by atoms with van der Waals surface area (Å²) in [5.41, 5.74) is 2.44. The van der Waals surface area contributed by atoms with Gasteiger partial charge < -0.3 is 20.3 Å². The molecule has 0 aliphatic carbocycles. The van der Waals surface area contributed by atoms with E-state index in [4.69, 9.17) is 27.9 Å². The van der Waals surface area contributed by atoms with Crippen molar-refractivity contribution in [3.63, 3.8) is 0 Å². The van der Waals surface area contributed by atoms with Crippen molar-refractivity contribution in [3.8, 4) is 0 Å². The fraction of sp³-hybridized carbons (Fsp3) is 0.440. The summed E-state index contributed by atoms with van der Waals surface area (Å²) in [6.07, 6.45) is 0.118. The number of hydrogen-bond acceptors (Lipinski definition) is 5. The molecule has 184 valence electrons. The highest BCUT2D eigenvalue weighted by atomic mass is 35.5. The SMILES string of the molecule is CN(C)CCNC(=O)c1cccc(CC(=O)NCC2CN(Cc3ccc(Cl)c(Cl)c3)CCO2)c1. The lowest BCUT2D eigenvalue weighted by Crippen LogP contribution is -2.47. The average molecular weight is 507 g/mol. The van der Waals surface area contributed by atoms with Crippen LogP contribution in [0.2, 0.25) is 10.0 Å². The van der Waals surface area contributed by atoms with Gasteiger partial charge in [-0.3, -0.25) is 14.5 Å². The van der Waals surface area contributed by atoms with E-state index in [1.807, 2.05) is 37.2 Å². The van der Waals surface area contributed by atoms with Crippen molar-refractivity contribution in [2.45, 2.75) is 19.1 Å². The third kappa shape index (κ3) is 8.56. The zero-order valence-electron chi connectivity index (χ0n) is 19.7. The van der Waals surface area contributed by atoms with Crippen molar-refractivity contribution in [2.24, 2.45) is 0 Å². The van der Waals surface area contributed by atoms with E-state index in [0.717, 1.165) is 30.8 Å². The van der Waals surface area contributed by atoms with Crippen LogP contribution in [0.1, 0.15) is 21.5 Å². The summed E-state index contributed by atoms with van der Waals surface area (Å²) in [7, 11) is 3.91. The number of hydrogen-bond donors (Lipinski definition) is 2. The van der Waals surface area contributed by atoms with Crippen LogP contribution in [0.15, 0.2) is 42.5 Å². The standard InChI is InChI=1S/C25H32Cl2N4O3/c1-30(2)9-8-28-25(33)20-5-3-4-18(12-20)14-24(32)29-15-21-17-31(10-11-34-21)16-19-6-7-22(26)23(27)13-19/h3-7,12-13,21H,8-11,14-17H2,1-2H3,(H,28,33)(H,29,32). The lowest BCUT2D eigenvalue weighted by atomic mass is 10.1. The second-order valence-corrected chi connectivity index (χ2v) is 9.53. The summed E-state index contributed by atoms with van der Waals surface area (Å²) in [6.45, 7) is 4.64. The first kappa shape index (κ1) is 26.4. The van der Waals surface area contributed by atoms with Crippen LogP contribution < -0.4 is 10.6 Å². The van der Waals surface area contributed by atoms with Crippen molar-refractivity contribution in [3.05, 3.63) is 69.2 Å². The molecule has 1 fully saturated rings. The molecule has 0 radical (unpaired) electrons. The van der Waals surface area contributed by atoms with Crippen LogP contribution in [-0.4, -0.2) is 81.1 Å². The van der Waals surface area contributed by atoms with E-state index in [2.05, 4.69) is 15.5 Å². The van der Waals surface area contributed by atoms with Crippen molar-refractivity contribution in [1.29, 1.82) is 0 Å². The number of halogens is 2. The Hall–Kier alpha value is -2.16. The van der Waals surface area contributed by atoms with Gasteiger partial charge in [0, 0.05) is 44.8 Å². The summed E-state index contributed by atoms with van der Waals surface area (Å²) in [5.74, 6) is -0.239. The molecule has 1 saturated heterocycles. The van der Waals surface area contributed by atoms with Gasteiger partial charge in [-0.05, 0) is 49.5 Å². The van der Waals surface area contributed by atoms with E-state index in [1.165, 1.54) is 0 Å². The van der Waals surface area contributed by atoms with Gasteiger partial charge >= 0.3 is 0 Å². The molecule has 1 aliphatic rings. The van der Waals surface area contributed by atoms with Gasteiger partial charge in [-0.25, -0.2) is 0 Å². The smallest absolute Gasteiger partial charge is 0.251 e. The Morgan fingerprint density at radius 3 is 2.68 bits per heavy atom. The molecule has 2 N–H and O–H groups in total. The van der Waals surface area contributed by atoms with Crippen LogP contribution in [0.4, 0.5) is 0 Å². The summed E-state index contributed by atoms with van der Waals surface area (Å²) in [5, 5.41) is 6.94. The quantitative estimate of drug-likeness (QED) is 0.518. The first-order valence-corrected chi connectivity index (χ1v) is 12.1. The fourth-order valence-electron chi connectivity index (χ4n) is 3.74. The number of rotatable bonds is 10. The second kappa shape index (κ2) is 13.1. The van der Waals surface area contributed by atoms with E-state index in [9.17, 15) is 9.59 Å². The monoisotopic (exact) mass is 506 g/mol. The van der Waals surface area contributed by atoms with E-state index < -0.39 is 0 Å². The van der Waals surface area contributed by atoms with Crippen LogP contribution in [0.5, 0.6) is 0 Å². The van der Waals surface area contributed by atoms with Crippen molar-refractivity contribution < 1.29 is 14.3 Å². The maximum absolute atomic E-state index is 12.5. The molecule has 0 bridgehead atoms. The van der Waals surface area contributed by atoms with Crippen LogP contribution >= 0.6 is 23.2 Å². The van der Waals surface area contributed by atoms with Gasteiger partial charge in [0.2, 0.25) is 5.91 Å². The number of carbonyl (C=O) groups excluding carboxylic acids is 2. The number of ether oxygens (including phenoxy) is 1. The van der Waals surface area contributed by atoms with E-state index >= 15 is 0 Å². The minimum absolute atomic E-state index is 0.0886. The van der Waals surface area contributed by atoms with Crippen LogP contribution in [0.3, 0.4) is 0 Å². The number of nitrogens with one attached hydrogen (secondary N) is 2. The molecule has 0 saturated carbocycles. The molecule has 0 aromatic heterocycles. The van der Waals surface area contributed by atoms with Crippen LogP contribution in [0.25, 0.3) is 0 Å². The third-order valence-corrected chi connectivity index (χ3v) is 6.28. The molecule has 1 unspecified atom stereocenters. The lowest BCUT2D eigenvalue weighted by Gasteiger charge is -2.33. The minimum atomic E-state index is -0.137. The second-order valence-electron chi connectivity index (χ2n) is 8.72. The Bertz CT molecular complexity index is 986. The molecule has 2 aromatic carbocycles. The van der Waals surface area contributed by atoms with Crippen LogP contribution in [-0.2, 0) is 22.5 Å². The van der Waals surface area contributed by atoms with Gasteiger partial charge in [-0.2, -0.15) is 0 Å². The van der Waals surface area contributed by atoms with E-state index in [-0.39, 0.29) is 24.3 Å². The molecule has 1 atom stereocenters. The predicted molar refractivity (Wildman–Crippen MR) is 136 cm³/mol. The average Bonchev–Trinajstić information content (AvgIpc) is 2.80. The maximum Gasteiger partial charge on any atom is 0.251 e. The number of morpholine rings is 1. The maximum atomic E-state index is 12.5. The molecular formula is C25H32Cl2N4O3. The van der Waals surface area contributed by atoms with Gasteiger partial charge in [-0.15, -0.1) is 0 Å². The first-order chi connectivity index (χ1) is 16.3. The van der Waals surface area contributed by atoms with Crippen molar-refractivity contribution in [1.82, 2.24) is 20.4 Å². The molecule has 0 spiro atoms. The molecule has 34 heavy (non-hydrogen) atoms. The summed E-state index contributed by atoms with van der Waals surface area (Å²) in [4.78, 5) is 29.1. The normalized spacial score (nSPS) is 16.4. The van der Waals surface area contributed by atoms with Gasteiger partial charge in [0.15, 0.2) is 0 Å². The molecular weight excluding hydrogens is 475 g/mol. The van der Waals surface area contributed by atoms with E-state index in [0.29, 0.717) is 41.8 Å². The Labute approximate surface area is 211 Å². The number of carbonyl (C=O) groups is 2. The van der Waals surface area contributed by atoms with Gasteiger partial charge in [0.25, 0.3) is 5.91 Å². The summed E-state index contributed by atoms with van der Waals surface area (Å²) >= 11 is 12.1. The van der Waals surface area contributed by atoms with Crippen molar-refractivity contribution in [2.75, 3.05) is 53.4 Å². The Morgan fingerprint density at radius 1 is 1.09 bits per heavy atom. The highest BCUT2D eigenvalue weighted by Crippen LogP contribution is 2.23. The van der Waals surface area contributed by atoms with Gasteiger partial charge in [-0.1, -0.05) is 41.4 Å². The van der Waals surface area contributed by atoms with Gasteiger partial charge in [0.1, 0.15) is 0 Å². The summed E-state index contributed by atoms with van der Waals surface area (Å²) < 4.78 is 5.83. The number of amides is 2. The number of likely N-dealkylation sites (N-methyl/N-ethyl adjacent to an activating group) is 1. The molecule has 2 amide bonds. The third-order valence-electron chi connectivity index (χ3n) is 5.54. The summed E-state index contributed by atoms with van der Waals surface area (Å²) in [6, 6.07) is 12.8. The van der Waals surface area contributed by atoms with Crippen molar-refractivity contribution >= 4 is 35.0 Å². The Kier molecular flexibility index (Phi) is 10.2. The minimum Gasteiger partial charge on any atom is -0.374 e. The molecule has 9 heteroatoms. The topological polar surface area (TPSA) is 73.9 Å². The zero-order valence-corrected chi connectivity index (χ0v) is 21.2. The molecule has 7 nitrogen and oxygen atoms in total. The fourth-order valence-corrected chi connectivity index (χ4v) is 4.06. The van der Waals surface area contributed by atoms with Crippen LogP contribution in [0, 0.1) is 0 Å². The number of benzene rings is 2. The molecule has 2 aromatic rings. The lowest BCUT2D eigenvalue weighted by molar-refractivity contribution is -0.121. The van der Waals surface area contributed by atoms with Gasteiger partial charge in [0.05, 0.1) is 29.2 Å². The zero-order chi connectivity index (χ0) is 24.5. The predicted octanol–water partition coefficient (Wildman–Crippen LogP) is 2.84. The highest BCUT2D eigenvalue weighted by molar-refractivity contribution is 6.42. The largest absolute Gasteiger partial charge is 0.374 e. The first-order valence-electron chi connectivity index (χ1n) is 11.4. The molecule has 1 heterocycles.